The number of amides is 1. The molecule has 2 N–H and O–H groups in total. The normalized spacial score (nSPS) is 16.1. The number of nitrogens with zero attached hydrogens (tertiary/aromatic N) is 1. The van der Waals surface area contributed by atoms with Gasteiger partial charge in [0.05, 0.1) is 11.6 Å². The molecule has 4 nitrogen and oxygen atoms in total. The molecule has 1 aromatic carbocycles. The maximum Gasteiger partial charge on any atom is 0.230 e. The molecule has 1 aliphatic rings. The Balaban J connectivity index is 1.70. The number of rotatable bonds is 4. The Morgan fingerprint density at radius 3 is 2.68 bits per heavy atom. The van der Waals surface area contributed by atoms with Crippen LogP contribution in [0.25, 0.3) is 0 Å². The number of carbonyl (C=O) groups excluding carboxylic acids is 1. The number of hydrogen-bond donors (Lipinski definition) is 2. The molecule has 19 heavy (non-hydrogen) atoms. The molecule has 5 heteroatoms. The minimum Gasteiger partial charge on any atom is -0.351 e. The lowest BCUT2D eigenvalue weighted by atomic mass is 9.95. The van der Waals surface area contributed by atoms with E-state index in [0.717, 1.165) is 24.0 Å². The molecule has 98 valence electrons. The Bertz CT molecular complexity index is 573. The highest BCUT2D eigenvalue weighted by Crippen LogP contribution is 2.48. The van der Waals surface area contributed by atoms with E-state index in [4.69, 9.17) is 0 Å². The lowest BCUT2D eigenvalue weighted by molar-refractivity contribution is -0.123. The van der Waals surface area contributed by atoms with Crippen LogP contribution >= 0.6 is 0 Å². The number of H-pyrrole nitrogens is 1. The number of nitrogens with one attached hydrogen (secondary N) is 2. The standard InChI is InChI=1S/C14H14FN3O/c15-12-3-1-11(2-4-12)14(5-6-14)13(19)16-7-10-8-17-18-9-10/h1-4,8-9H,5-7H2,(H,16,19)(H,17,18). The topological polar surface area (TPSA) is 57.8 Å². The molecule has 0 radical (unpaired) electrons. The quantitative estimate of drug-likeness (QED) is 0.881. The second kappa shape index (κ2) is 4.50. The summed E-state index contributed by atoms with van der Waals surface area (Å²) >= 11 is 0. The van der Waals surface area contributed by atoms with E-state index in [9.17, 15) is 9.18 Å². The van der Waals surface area contributed by atoms with Gasteiger partial charge in [0.1, 0.15) is 5.82 Å². The lowest BCUT2D eigenvalue weighted by Gasteiger charge is -2.15. The van der Waals surface area contributed by atoms with Crippen LogP contribution in [-0.2, 0) is 16.8 Å². The average molecular weight is 259 g/mol. The van der Waals surface area contributed by atoms with Crippen LogP contribution in [0.3, 0.4) is 0 Å². The van der Waals surface area contributed by atoms with E-state index in [1.165, 1.54) is 12.1 Å². The van der Waals surface area contributed by atoms with Gasteiger partial charge in [0.2, 0.25) is 5.91 Å². The predicted molar refractivity (Wildman–Crippen MR) is 67.7 cm³/mol. The van der Waals surface area contributed by atoms with Crippen LogP contribution in [0, 0.1) is 5.82 Å². The summed E-state index contributed by atoms with van der Waals surface area (Å²) in [6, 6.07) is 6.19. The van der Waals surface area contributed by atoms with E-state index in [2.05, 4.69) is 15.5 Å². The number of carbonyl (C=O) groups is 1. The van der Waals surface area contributed by atoms with Crippen molar-refractivity contribution in [2.24, 2.45) is 0 Å². The van der Waals surface area contributed by atoms with Crippen LogP contribution in [0.15, 0.2) is 36.7 Å². The van der Waals surface area contributed by atoms with Gasteiger partial charge in [-0.25, -0.2) is 4.39 Å². The molecule has 0 saturated heterocycles. The summed E-state index contributed by atoms with van der Waals surface area (Å²) in [6.07, 6.45) is 5.06. The van der Waals surface area contributed by atoms with Crippen molar-refractivity contribution in [3.8, 4) is 0 Å². The molecular weight excluding hydrogens is 245 g/mol. The number of halogens is 1. The minimum absolute atomic E-state index is 0.000285. The van der Waals surface area contributed by atoms with Gasteiger partial charge in [0, 0.05) is 18.3 Å². The zero-order valence-electron chi connectivity index (χ0n) is 10.3. The molecule has 1 saturated carbocycles. The third-order valence-corrected chi connectivity index (χ3v) is 3.59. The number of aromatic amines is 1. The summed E-state index contributed by atoms with van der Waals surface area (Å²) in [5.74, 6) is -0.279. The first-order valence-electron chi connectivity index (χ1n) is 6.23. The maximum absolute atomic E-state index is 12.9. The Morgan fingerprint density at radius 2 is 2.11 bits per heavy atom. The highest BCUT2D eigenvalue weighted by atomic mass is 19.1. The van der Waals surface area contributed by atoms with Gasteiger partial charge in [-0.1, -0.05) is 12.1 Å². The number of hydrogen-bond acceptors (Lipinski definition) is 2. The van der Waals surface area contributed by atoms with Crippen molar-refractivity contribution in [3.05, 3.63) is 53.6 Å². The van der Waals surface area contributed by atoms with Gasteiger partial charge in [-0.3, -0.25) is 9.89 Å². The average Bonchev–Trinajstić information content (AvgIpc) is 3.07. The zero-order valence-corrected chi connectivity index (χ0v) is 10.3. The lowest BCUT2D eigenvalue weighted by Crippen LogP contribution is -2.34. The van der Waals surface area contributed by atoms with Crippen molar-refractivity contribution >= 4 is 5.91 Å². The van der Waals surface area contributed by atoms with Gasteiger partial charge < -0.3 is 5.32 Å². The van der Waals surface area contributed by atoms with E-state index < -0.39 is 5.41 Å². The van der Waals surface area contributed by atoms with Crippen LogP contribution in [-0.4, -0.2) is 16.1 Å². The first-order chi connectivity index (χ1) is 9.21. The molecule has 1 fully saturated rings. The Labute approximate surface area is 110 Å². The highest BCUT2D eigenvalue weighted by molar-refractivity contribution is 5.91. The van der Waals surface area contributed by atoms with Crippen molar-refractivity contribution < 1.29 is 9.18 Å². The molecule has 1 amide bonds. The second-order valence-electron chi connectivity index (χ2n) is 4.88. The maximum atomic E-state index is 12.9. The first kappa shape index (κ1) is 11.9. The summed E-state index contributed by atoms with van der Waals surface area (Å²) in [5.41, 5.74) is 1.36. The van der Waals surface area contributed by atoms with Gasteiger partial charge in [-0.05, 0) is 30.5 Å². The van der Waals surface area contributed by atoms with Crippen LogP contribution in [0.2, 0.25) is 0 Å². The third kappa shape index (κ3) is 2.23. The fraction of sp³-hybridized carbons (Fsp3) is 0.286. The summed E-state index contributed by atoms with van der Waals surface area (Å²) in [5, 5.41) is 9.44. The fourth-order valence-corrected chi connectivity index (χ4v) is 2.27. The van der Waals surface area contributed by atoms with Crippen molar-refractivity contribution in [3.63, 3.8) is 0 Å². The van der Waals surface area contributed by atoms with Gasteiger partial charge in [0.15, 0.2) is 0 Å². The SMILES string of the molecule is O=C(NCc1cn[nH]c1)C1(c2ccc(F)cc2)CC1. The smallest absolute Gasteiger partial charge is 0.230 e. The van der Waals surface area contributed by atoms with E-state index >= 15 is 0 Å². The minimum atomic E-state index is -0.461. The fourth-order valence-electron chi connectivity index (χ4n) is 2.27. The van der Waals surface area contributed by atoms with Gasteiger partial charge in [-0.15, -0.1) is 0 Å². The second-order valence-corrected chi connectivity index (χ2v) is 4.88. The van der Waals surface area contributed by atoms with Crippen molar-refractivity contribution in [2.75, 3.05) is 0 Å². The van der Waals surface area contributed by atoms with Gasteiger partial charge >= 0.3 is 0 Å². The van der Waals surface area contributed by atoms with Crippen molar-refractivity contribution in [2.45, 2.75) is 24.8 Å². The van der Waals surface area contributed by atoms with Crippen LogP contribution < -0.4 is 5.32 Å². The number of benzene rings is 1. The Morgan fingerprint density at radius 1 is 1.37 bits per heavy atom. The monoisotopic (exact) mass is 259 g/mol. The molecule has 0 unspecified atom stereocenters. The Hall–Kier alpha value is -2.17. The summed E-state index contributed by atoms with van der Waals surface area (Å²) in [6.45, 7) is 0.457. The molecule has 1 aliphatic carbocycles. The molecule has 1 heterocycles. The van der Waals surface area contributed by atoms with Crippen molar-refractivity contribution in [1.82, 2.24) is 15.5 Å². The molecule has 2 aromatic rings. The molecule has 0 atom stereocenters. The van der Waals surface area contributed by atoms with Crippen molar-refractivity contribution in [1.29, 1.82) is 0 Å². The summed E-state index contributed by atoms with van der Waals surface area (Å²) in [7, 11) is 0. The van der Waals surface area contributed by atoms with E-state index in [-0.39, 0.29) is 11.7 Å². The van der Waals surface area contributed by atoms with E-state index in [0.29, 0.717) is 6.54 Å². The van der Waals surface area contributed by atoms with Gasteiger partial charge in [-0.2, -0.15) is 5.10 Å². The van der Waals surface area contributed by atoms with Crippen LogP contribution in [0.5, 0.6) is 0 Å². The first-order valence-corrected chi connectivity index (χ1v) is 6.23. The zero-order chi connectivity index (χ0) is 13.3. The Kier molecular flexibility index (Phi) is 2.81. The van der Waals surface area contributed by atoms with Crippen LogP contribution in [0.4, 0.5) is 4.39 Å². The van der Waals surface area contributed by atoms with Crippen LogP contribution in [0.1, 0.15) is 24.0 Å². The largest absolute Gasteiger partial charge is 0.351 e. The molecule has 1 aromatic heterocycles. The van der Waals surface area contributed by atoms with E-state index in [1.807, 2.05) is 0 Å². The number of aromatic nitrogens is 2. The third-order valence-electron chi connectivity index (χ3n) is 3.59. The molecule has 0 aliphatic heterocycles. The molecule has 3 rings (SSSR count). The summed E-state index contributed by atoms with van der Waals surface area (Å²) in [4.78, 5) is 12.3. The molecule has 0 bridgehead atoms. The van der Waals surface area contributed by atoms with Gasteiger partial charge in [0.25, 0.3) is 0 Å². The summed E-state index contributed by atoms with van der Waals surface area (Å²) < 4.78 is 12.9. The van der Waals surface area contributed by atoms with E-state index in [1.54, 1.807) is 24.5 Å². The highest BCUT2D eigenvalue weighted by Gasteiger charge is 2.51. The molecular formula is C14H14FN3O. The molecule has 0 spiro atoms. The predicted octanol–water partition coefficient (Wildman–Crippen LogP) is 1.90.